The first kappa shape index (κ1) is 22.1. The van der Waals surface area contributed by atoms with E-state index in [4.69, 9.17) is 22.1 Å². The lowest BCUT2D eigenvalue weighted by Crippen LogP contribution is -2.58. The topological polar surface area (TPSA) is 75.9 Å². The minimum absolute atomic E-state index is 0.0152. The lowest BCUT2D eigenvalue weighted by molar-refractivity contribution is -0.139. The molecule has 30 heavy (non-hydrogen) atoms. The number of primary amides is 1. The number of halogens is 2. The van der Waals surface area contributed by atoms with E-state index in [-0.39, 0.29) is 41.7 Å². The number of carbonyl (C=O) groups is 2. The SMILES string of the molecule is C[C@@H]1CN(Cc2ccc(F)cc2)[C@@H](C)CN1C(=O)COc1ccc(Cl)cc1C(N)=O. The third kappa shape index (κ3) is 5.29. The predicted molar refractivity (Wildman–Crippen MR) is 113 cm³/mol. The van der Waals surface area contributed by atoms with Crippen LogP contribution in [-0.2, 0) is 11.3 Å². The number of amides is 2. The van der Waals surface area contributed by atoms with Gasteiger partial charge in [0.15, 0.2) is 6.61 Å². The van der Waals surface area contributed by atoms with Crippen LogP contribution in [0.3, 0.4) is 0 Å². The number of benzene rings is 2. The van der Waals surface area contributed by atoms with E-state index in [9.17, 15) is 14.0 Å². The van der Waals surface area contributed by atoms with Crippen LogP contribution in [0.1, 0.15) is 29.8 Å². The Bertz CT molecular complexity index is 922. The highest BCUT2D eigenvalue weighted by molar-refractivity contribution is 6.31. The van der Waals surface area contributed by atoms with E-state index in [0.29, 0.717) is 24.7 Å². The molecule has 0 aromatic heterocycles. The van der Waals surface area contributed by atoms with Gasteiger partial charge in [-0.2, -0.15) is 0 Å². The summed E-state index contributed by atoms with van der Waals surface area (Å²) >= 11 is 5.90. The fourth-order valence-corrected chi connectivity index (χ4v) is 3.81. The molecule has 0 aliphatic carbocycles. The van der Waals surface area contributed by atoms with Crippen LogP contribution in [0.25, 0.3) is 0 Å². The van der Waals surface area contributed by atoms with Crippen LogP contribution in [0.4, 0.5) is 4.39 Å². The first-order valence-corrected chi connectivity index (χ1v) is 10.1. The van der Waals surface area contributed by atoms with Crippen LogP contribution in [0, 0.1) is 5.82 Å². The van der Waals surface area contributed by atoms with E-state index in [1.165, 1.54) is 24.3 Å². The molecule has 2 aromatic rings. The van der Waals surface area contributed by atoms with Crippen LogP contribution >= 0.6 is 11.6 Å². The van der Waals surface area contributed by atoms with Crippen molar-refractivity contribution in [1.82, 2.24) is 9.80 Å². The Morgan fingerprint density at radius 1 is 1.13 bits per heavy atom. The summed E-state index contributed by atoms with van der Waals surface area (Å²) in [7, 11) is 0. The summed E-state index contributed by atoms with van der Waals surface area (Å²) in [4.78, 5) is 28.4. The van der Waals surface area contributed by atoms with Gasteiger partial charge in [0.05, 0.1) is 5.56 Å². The molecule has 0 saturated carbocycles. The Morgan fingerprint density at radius 2 is 1.83 bits per heavy atom. The van der Waals surface area contributed by atoms with Crippen molar-refractivity contribution in [3.05, 3.63) is 64.4 Å². The maximum Gasteiger partial charge on any atom is 0.260 e. The summed E-state index contributed by atoms with van der Waals surface area (Å²) in [5.41, 5.74) is 6.53. The summed E-state index contributed by atoms with van der Waals surface area (Å²) in [5.74, 6) is -0.857. The van der Waals surface area contributed by atoms with E-state index in [2.05, 4.69) is 11.8 Å². The Balaban J connectivity index is 1.60. The van der Waals surface area contributed by atoms with Crippen molar-refractivity contribution in [3.8, 4) is 5.75 Å². The van der Waals surface area contributed by atoms with Gasteiger partial charge in [-0.3, -0.25) is 14.5 Å². The zero-order valence-corrected chi connectivity index (χ0v) is 17.7. The van der Waals surface area contributed by atoms with Gasteiger partial charge in [0, 0.05) is 36.7 Å². The summed E-state index contributed by atoms with van der Waals surface area (Å²) < 4.78 is 18.7. The summed E-state index contributed by atoms with van der Waals surface area (Å²) in [5, 5.41) is 0.363. The molecular weight excluding hydrogens is 409 g/mol. The van der Waals surface area contributed by atoms with Crippen molar-refractivity contribution in [2.24, 2.45) is 5.73 Å². The second-order valence-corrected chi connectivity index (χ2v) is 8.03. The second-order valence-electron chi connectivity index (χ2n) is 7.59. The van der Waals surface area contributed by atoms with E-state index in [1.807, 2.05) is 6.92 Å². The largest absolute Gasteiger partial charge is 0.483 e. The van der Waals surface area contributed by atoms with Gasteiger partial charge in [0.2, 0.25) is 0 Å². The number of piperazine rings is 1. The Hall–Kier alpha value is -2.64. The van der Waals surface area contributed by atoms with E-state index in [0.717, 1.165) is 5.56 Å². The van der Waals surface area contributed by atoms with Gasteiger partial charge in [-0.1, -0.05) is 23.7 Å². The highest BCUT2D eigenvalue weighted by Crippen LogP contribution is 2.23. The minimum Gasteiger partial charge on any atom is -0.483 e. The monoisotopic (exact) mass is 433 g/mol. The number of hydrogen-bond acceptors (Lipinski definition) is 4. The Labute approximate surface area is 180 Å². The van der Waals surface area contributed by atoms with Crippen molar-refractivity contribution < 1.29 is 18.7 Å². The molecule has 160 valence electrons. The number of nitrogens with zero attached hydrogens (tertiary/aromatic N) is 2. The number of ether oxygens (including phenoxy) is 1. The molecule has 0 radical (unpaired) electrons. The normalized spacial score (nSPS) is 19.5. The quantitative estimate of drug-likeness (QED) is 0.759. The van der Waals surface area contributed by atoms with Crippen LogP contribution < -0.4 is 10.5 Å². The standard InChI is InChI=1S/C22H25ClFN3O3/c1-14-11-27(15(2)10-26(14)12-16-3-6-18(24)7-4-16)21(28)13-30-20-8-5-17(23)9-19(20)22(25)29/h3-9,14-15H,10-13H2,1-2H3,(H2,25,29)/t14-,15+/m0/s1. The summed E-state index contributed by atoms with van der Waals surface area (Å²) in [6.07, 6.45) is 0. The van der Waals surface area contributed by atoms with Crippen molar-refractivity contribution in [3.63, 3.8) is 0 Å². The van der Waals surface area contributed by atoms with Gasteiger partial charge in [-0.25, -0.2) is 4.39 Å². The molecule has 0 bridgehead atoms. The van der Waals surface area contributed by atoms with Gasteiger partial charge in [0.1, 0.15) is 11.6 Å². The molecule has 2 N–H and O–H groups in total. The van der Waals surface area contributed by atoms with Gasteiger partial charge >= 0.3 is 0 Å². The summed E-state index contributed by atoms with van der Waals surface area (Å²) in [6.45, 7) is 5.78. The molecule has 3 rings (SSSR count). The molecule has 1 aliphatic rings. The minimum atomic E-state index is -0.670. The maximum absolute atomic E-state index is 13.1. The molecule has 1 fully saturated rings. The average Bonchev–Trinajstić information content (AvgIpc) is 2.70. The lowest BCUT2D eigenvalue weighted by Gasteiger charge is -2.44. The van der Waals surface area contributed by atoms with Crippen molar-refractivity contribution in [1.29, 1.82) is 0 Å². The Kier molecular flexibility index (Phi) is 6.95. The van der Waals surface area contributed by atoms with Crippen molar-refractivity contribution in [2.75, 3.05) is 19.7 Å². The molecule has 6 nitrogen and oxygen atoms in total. The molecular formula is C22H25ClFN3O3. The number of rotatable bonds is 6. The third-order valence-electron chi connectivity index (χ3n) is 5.29. The fraction of sp³-hybridized carbons (Fsp3) is 0.364. The van der Waals surface area contributed by atoms with Gasteiger partial charge in [-0.05, 0) is 49.7 Å². The summed E-state index contributed by atoms with van der Waals surface area (Å²) in [6, 6.07) is 11.1. The van der Waals surface area contributed by atoms with E-state index < -0.39 is 5.91 Å². The molecule has 0 unspecified atom stereocenters. The first-order valence-electron chi connectivity index (χ1n) is 9.74. The van der Waals surface area contributed by atoms with Crippen LogP contribution in [-0.4, -0.2) is 53.4 Å². The van der Waals surface area contributed by atoms with Crippen molar-refractivity contribution in [2.45, 2.75) is 32.5 Å². The van der Waals surface area contributed by atoms with Crippen LogP contribution in [0.5, 0.6) is 5.75 Å². The van der Waals surface area contributed by atoms with Gasteiger partial charge < -0.3 is 15.4 Å². The third-order valence-corrected chi connectivity index (χ3v) is 5.53. The van der Waals surface area contributed by atoms with Crippen molar-refractivity contribution >= 4 is 23.4 Å². The second kappa shape index (κ2) is 9.45. The molecule has 1 aliphatic heterocycles. The van der Waals surface area contributed by atoms with Crippen LogP contribution in [0.2, 0.25) is 5.02 Å². The predicted octanol–water partition coefficient (Wildman–Crippen LogP) is 3.08. The molecule has 8 heteroatoms. The maximum atomic E-state index is 13.1. The smallest absolute Gasteiger partial charge is 0.260 e. The van der Waals surface area contributed by atoms with E-state index >= 15 is 0 Å². The van der Waals surface area contributed by atoms with E-state index in [1.54, 1.807) is 23.1 Å². The Morgan fingerprint density at radius 3 is 2.50 bits per heavy atom. The van der Waals surface area contributed by atoms with Gasteiger partial charge in [-0.15, -0.1) is 0 Å². The molecule has 0 spiro atoms. The molecule has 2 amide bonds. The average molecular weight is 434 g/mol. The number of hydrogen-bond donors (Lipinski definition) is 1. The molecule has 1 heterocycles. The van der Waals surface area contributed by atoms with Gasteiger partial charge in [0.25, 0.3) is 11.8 Å². The number of nitrogens with two attached hydrogens (primary N) is 1. The highest BCUT2D eigenvalue weighted by Gasteiger charge is 2.32. The molecule has 1 saturated heterocycles. The zero-order chi connectivity index (χ0) is 21.8. The molecule has 2 aromatic carbocycles. The fourth-order valence-electron chi connectivity index (χ4n) is 3.63. The van der Waals surface area contributed by atoms with Crippen LogP contribution in [0.15, 0.2) is 42.5 Å². The highest BCUT2D eigenvalue weighted by atomic mass is 35.5. The number of carbonyl (C=O) groups excluding carboxylic acids is 2. The zero-order valence-electron chi connectivity index (χ0n) is 17.0. The lowest BCUT2D eigenvalue weighted by atomic mass is 10.1. The molecule has 2 atom stereocenters. The first-order chi connectivity index (χ1) is 14.2.